The lowest BCUT2D eigenvalue weighted by Crippen LogP contribution is -2.37. The SMILES string of the molecule is [CH-]=Nc1cc(OCc2cc(COc3cc4c(cc3OC)C(=O)N3c5ccccc5C[C@H]3C=N4)cc(N(C)CCOCCC(=O)O)c2)c(OC)cc1C(=O)N1CCc2ccccc21. The molecule has 0 bridgehead atoms. The van der Waals surface area contributed by atoms with E-state index in [4.69, 9.17) is 40.5 Å². The summed E-state index contributed by atoms with van der Waals surface area (Å²) >= 11 is 0. The molecule has 0 radical (unpaired) electrons. The van der Waals surface area contributed by atoms with Gasteiger partial charge in [-0.2, -0.15) is 6.72 Å². The van der Waals surface area contributed by atoms with Crippen molar-refractivity contribution in [2.75, 3.05) is 62.3 Å². The highest BCUT2D eigenvalue weighted by Crippen LogP contribution is 2.42. The van der Waals surface area contributed by atoms with Crippen LogP contribution in [0.15, 0.2) is 101 Å². The van der Waals surface area contributed by atoms with E-state index in [0.29, 0.717) is 60.4 Å². The molecule has 5 aromatic rings. The van der Waals surface area contributed by atoms with Gasteiger partial charge in [0.2, 0.25) is 5.91 Å². The van der Waals surface area contributed by atoms with E-state index in [0.717, 1.165) is 45.7 Å². The minimum atomic E-state index is -0.922. The van der Waals surface area contributed by atoms with Crippen molar-refractivity contribution in [2.24, 2.45) is 9.98 Å². The first-order valence-corrected chi connectivity index (χ1v) is 20.2. The molecule has 0 fully saturated rings. The van der Waals surface area contributed by atoms with Gasteiger partial charge in [0, 0.05) is 55.9 Å². The number of anilines is 3. The van der Waals surface area contributed by atoms with Gasteiger partial charge in [-0.15, -0.1) is 0 Å². The number of rotatable bonds is 17. The molecule has 3 aliphatic rings. The van der Waals surface area contributed by atoms with Crippen LogP contribution < -0.4 is 33.6 Å². The Morgan fingerprint density at radius 2 is 1.53 bits per heavy atom. The summed E-state index contributed by atoms with van der Waals surface area (Å²) in [6.07, 6.45) is 3.16. The van der Waals surface area contributed by atoms with Crippen LogP contribution in [0.25, 0.3) is 0 Å². The third kappa shape index (κ3) is 8.54. The number of ether oxygens (including phenoxy) is 5. The van der Waals surface area contributed by atoms with Crippen molar-refractivity contribution in [1.82, 2.24) is 0 Å². The van der Waals surface area contributed by atoms with Gasteiger partial charge in [0.1, 0.15) is 19.0 Å². The Bertz CT molecular complexity index is 2570. The van der Waals surface area contributed by atoms with Crippen LogP contribution in [0.3, 0.4) is 0 Å². The molecule has 1 N–H and O–H groups in total. The fourth-order valence-electron chi connectivity index (χ4n) is 8.03. The van der Waals surface area contributed by atoms with Gasteiger partial charge < -0.3 is 43.6 Å². The van der Waals surface area contributed by atoms with E-state index in [2.05, 4.69) is 4.99 Å². The van der Waals surface area contributed by atoms with Crippen molar-refractivity contribution >= 4 is 59.2 Å². The molecule has 8 rings (SSSR count). The molecular weight excluding hydrogens is 791 g/mol. The van der Waals surface area contributed by atoms with Crippen molar-refractivity contribution in [3.63, 3.8) is 0 Å². The molecule has 14 nitrogen and oxygen atoms in total. The highest BCUT2D eigenvalue weighted by Gasteiger charge is 2.36. The van der Waals surface area contributed by atoms with Crippen molar-refractivity contribution in [1.29, 1.82) is 0 Å². The van der Waals surface area contributed by atoms with Crippen molar-refractivity contribution < 1.29 is 43.2 Å². The van der Waals surface area contributed by atoms with Gasteiger partial charge in [0.15, 0.2) is 17.2 Å². The third-order valence-electron chi connectivity index (χ3n) is 11.2. The number of carboxylic acids is 1. The van der Waals surface area contributed by atoms with Gasteiger partial charge in [0.25, 0.3) is 5.91 Å². The van der Waals surface area contributed by atoms with Crippen LogP contribution in [0.2, 0.25) is 0 Å². The number of carboxylic acid groups (broad SMARTS) is 1. The molecule has 3 aliphatic heterocycles. The van der Waals surface area contributed by atoms with Crippen molar-refractivity contribution in [3.8, 4) is 23.0 Å². The summed E-state index contributed by atoms with van der Waals surface area (Å²) in [5, 5.41) is 9.00. The quantitative estimate of drug-likeness (QED) is 0.0567. The summed E-state index contributed by atoms with van der Waals surface area (Å²) in [6, 6.07) is 28.0. The summed E-state index contributed by atoms with van der Waals surface area (Å²) in [5.41, 5.74) is 7.77. The van der Waals surface area contributed by atoms with Crippen LogP contribution in [-0.2, 0) is 35.6 Å². The second kappa shape index (κ2) is 18.2. The number of aliphatic imine (C=N–C) groups is 2. The number of likely N-dealkylation sites (N-methyl/N-ethyl adjacent to an activating group) is 1. The first kappa shape index (κ1) is 41.5. The minimum Gasteiger partial charge on any atom is -0.493 e. The van der Waals surface area contributed by atoms with E-state index in [1.165, 1.54) is 14.2 Å². The second-order valence-corrected chi connectivity index (χ2v) is 15.1. The number of benzene rings is 5. The molecule has 1 atom stereocenters. The summed E-state index contributed by atoms with van der Waals surface area (Å²) in [4.78, 5) is 53.0. The maximum atomic E-state index is 14.0. The Kier molecular flexibility index (Phi) is 12.2. The van der Waals surface area contributed by atoms with Gasteiger partial charge in [-0.3, -0.25) is 24.3 Å². The number of carbonyl (C=O) groups is 3. The number of fused-ring (bicyclic) bond motifs is 5. The number of methoxy groups -OCH3 is 2. The van der Waals surface area contributed by atoms with Crippen LogP contribution in [0.5, 0.6) is 23.0 Å². The molecule has 14 heteroatoms. The highest BCUT2D eigenvalue weighted by atomic mass is 16.5. The zero-order valence-corrected chi connectivity index (χ0v) is 34.7. The fourth-order valence-corrected chi connectivity index (χ4v) is 8.03. The van der Waals surface area contributed by atoms with Crippen molar-refractivity contribution in [3.05, 3.63) is 124 Å². The van der Waals surface area contributed by atoms with Gasteiger partial charge in [-0.1, -0.05) is 48.2 Å². The zero-order valence-electron chi connectivity index (χ0n) is 34.7. The van der Waals surface area contributed by atoms with E-state index in [1.807, 2.05) is 84.9 Å². The van der Waals surface area contributed by atoms with Gasteiger partial charge >= 0.3 is 5.97 Å². The number of aliphatic carboxylic acids is 1. The van der Waals surface area contributed by atoms with E-state index in [9.17, 15) is 14.4 Å². The number of carbonyl (C=O) groups excluding carboxylic acids is 2. The van der Waals surface area contributed by atoms with E-state index in [1.54, 1.807) is 34.1 Å². The van der Waals surface area contributed by atoms with Crippen molar-refractivity contribution in [2.45, 2.75) is 38.5 Å². The molecule has 0 saturated carbocycles. The molecule has 62 heavy (non-hydrogen) atoms. The minimum absolute atomic E-state index is 0.0829. The predicted octanol–water partition coefficient (Wildman–Crippen LogP) is 7.49. The number of amides is 2. The smallest absolute Gasteiger partial charge is 0.305 e. The molecule has 5 aromatic carbocycles. The Hall–Kier alpha value is -7.19. The summed E-state index contributed by atoms with van der Waals surface area (Å²) < 4.78 is 29.8. The second-order valence-electron chi connectivity index (χ2n) is 15.1. The number of para-hydroxylation sites is 2. The standard InChI is InChI=1S/C48H46N5O9/c1-49-38-25-44(42(58-3)23-36(38)47(56)52-15-13-32-9-5-7-11-40(32)52)61-28-30-19-31(21-34(20-30)51(2)16-18-60-17-14-46(54)55)29-62-45-26-39-37(24-43(45)59-4)48(57)53-35(27-50-39)22-33-10-6-8-12-41(33)53/h1,5-12,19-21,23-27,35H,13-18,22,28-29H2,2-4H3,(H,54,55)/q-1/t35-/m0/s1. The number of nitrogens with zero attached hydrogens (tertiary/aromatic N) is 5. The Morgan fingerprint density at radius 1 is 0.855 bits per heavy atom. The Balaban J connectivity index is 1.04. The topological polar surface area (TPSA) is 152 Å². The lowest BCUT2D eigenvalue weighted by atomic mass is 10.1. The first-order valence-electron chi connectivity index (χ1n) is 20.2. The molecule has 2 amide bonds. The van der Waals surface area contributed by atoms with Crippen LogP contribution >= 0.6 is 0 Å². The lowest BCUT2D eigenvalue weighted by Gasteiger charge is -2.24. The zero-order chi connectivity index (χ0) is 43.3. The monoisotopic (exact) mass is 836 g/mol. The molecule has 0 unspecified atom stereocenters. The van der Waals surface area contributed by atoms with Gasteiger partial charge in [0.05, 0.1) is 51.1 Å². The van der Waals surface area contributed by atoms with Crippen LogP contribution in [0.1, 0.15) is 49.4 Å². The maximum Gasteiger partial charge on any atom is 0.305 e. The number of hydrogen-bond acceptors (Lipinski definition) is 11. The van der Waals surface area contributed by atoms with Crippen LogP contribution in [0, 0.1) is 0 Å². The molecular formula is C48H46N5O9-. The summed E-state index contributed by atoms with van der Waals surface area (Å²) in [6.45, 7) is 7.49. The van der Waals surface area contributed by atoms with E-state index >= 15 is 0 Å². The predicted molar refractivity (Wildman–Crippen MR) is 236 cm³/mol. The van der Waals surface area contributed by atoms with Crippen LogP contribution in [0.4, 0.5) is 28.4 Å². The molecule has 318 valence electrons. The molecule has 0 aliphatic carbocycles. The molecule has 3 heterocycles. The largest absolute Gasteiger partial charge is 0.493 e. The summed E-state index contributed by atoms with van der Waals surface area (Å²) in [7, 11) is 4.94. The Labute approximate surface area is 359 Å². The third-order valence-corrected chi connectivity index (χ3v) is 11.2. The normalized spacial score (nSPS) is 14.6. The molecule has 0 saturated heterocycles. The highest BCUT2D eigenvalue weighted by molar-refractivity contribution is 6.15. The fraction of sp³-hybridized carbons (Fsp3) is 0.271. The van der Waals surface area contributed by atoms with Crippen LogP contribution in [-0.4, -0.2) is 89.4 Å². The average Bonchev–Trinajstić information content (AvgIpc) is 3.86. The van der Waals surface area contributed by atoms with Gasteiger partial charge in [-0.05, 0) is 76.7 Å². The molecule has 0 spiro atoms. The molecule has 0 aromatic heterocycles. The average molecular weight is 837 g/mol. The number of hydrogen-bond donors (Lipinski definition) is 1. The van der Waals surface area contributed by atoms with E-state index < -0.39 is 5.97 Å². The van der Waals surface area contributed by atoms with Gasteiger partial charge in [-0.25, -0.2) is 0 Å². The lowest BCUT2D eigenvalue weighted by molar-refractivity contribution is -0.138. The summed E-state index contributed by atoms with van der Waals surface area (Å²) in [5.74, 6) is 0.152. The Morgan fingerprint density at radius 3 is 2.24 bits per heavy atom. The van der Waals surface area contributed by atoms with E-state index in [-0.39, 0.29) is 55.3 Å². The maximum absolute atomic E-state index is 14.0. The first-order chi connectivity index (χ1) is 30.1.